The summed E-state index contributed by atoms with van der Waals surface area (Å²) in [4.78, 5) is 41.6. The van der Waals surface area contributed by atoms with Crippen LogP contribution in [0.4, 0.5) is 4.79 Å². The Balaban J connectivity index is 1.37. The van der Waals surface area contributed by atoms with Crippen LogP contribution in [0, 0.1) is 0 Å². The molecule has 154 valence electrons. The number of hydrogen-bond acceptors (Lipinski definition) is 5. The van der Waals surface area contributed by atoms with Crippen molar-refractivity contribution in [3.8, 4) is 0 Å². The van der Waals surface area contributed by atoms with E-state index in [1.807, 2.05) is 24.3 Å². The Morgan fingerprint density at radius 1 is 1.17 bits per heavy atom. The lowest BCUT2D eigenvalue weighted by atomic mass is 9.92. The van der Waals surface area contributed by atoms with E-state index in [4.69, 9.17) is 0 Å². The fourth-order valence-electron chi connectivity index (χ4n) is 5.00. The lowest BCUT2D eigenvalue weighted by Crippen LogP contribution is -2.49. The van der Waals surface area contributed by atoms with Gasteiger partial charge in [0.25, 0.3) is 5.91 Å². The number of urea groups is 1. The van der Waals surface area contributed by atoms with E-state index >= 15 is 0 Å². The van der Waals surface area contributed by atoms with Crippen LogP contribution in [0.15, 0.2) is 24.3 Å². The second-order valence-electron chi connectivity index (χ2n) is 8.47. The number of nitrogens with one attached hydrogen (secondary N) is 1. The molecule has 1 N–H and O–H groups in total. The molecule has 2 aliphatic heterocycles. The van der Waals surface area contributed by atoms with E-state index in [2.05, 4.69) is 5.32 Å². The highest BCUT2D eigenvalue weighted by atomic mass is 32.2. The minimum atomic E-state index is -3.13. The summed E-state index contributed by atoms with van der Waals surface area (Å²) < 4.78 is 23.8. The summed E-state index contributed by atoms with van der Waals surface area (Å²) in [6.45, 7) is -0.346. The molecule has 2 heterocycles. The van der Waals surface area contributed by atoms with Crippen molar-refractivity contribution in [3.63, 3.8) is 0 Å². The van der Waals surface area contributed by atoms with Gasteiger partial charge in [0, 0.05) is 12.1 Å². The summed E-state index contributed by atoms with van der Waals surface area (Å²) >= 11 is 0. The van der Waals surface area contributed by atoms with Crippen LogP contribution in [0.5, 0.6) is 0 Å². The maximum Gasteiger partial charge on any atom is 0.325 e. The molecule has 4 amide bonds. The lowest BCUT2D eigenvalue weighted by molar-refractivity contribution is -0.140. The van der Waals surface area contributed by atoms with E-state index in [0.717, 1.165) is 28.9 Å². The molecular formula is C20H23N3O5S. The number of rotatable bonds is 4. The number of fused-ring (bicyclic) bond motifs is 2. The van der Waals surface area contributed by atoms with Crippen LogP contribution >= 0.6 is 0 Å². The average molecular weight is 417 g/mol. The molecular weight excluding hydrogens is 394 g/mol. The summed E-state index contributed by atoms with van der Waals surface area (Å²) in [5, 5.41) is 2.83. The third-order valence-corrected chi connectivity index (χ3v) is 8.30. The lowest BCUT2D eigenvalue weighted by Gasteiger charge is -2.30. The molecule has 0 bridgehead atoms. The van der Waals surface area contributed by atoms with Gasteiger partial charge in [-0.15, -0.1) is 0 Å². The van der Waals surface area contributed by atoms with Gasteiger partial charge in [-0.1, -0.05) is 24.3 Å². The minimum Gasteiger partial charge on any atom is -0.334 e. The number of amides is 4. The highest BCUT2D eigenvalue weighted by molar-refractivity contribution is 7.91. The molecule has 2 atom stereocenters. The topological polar surface area (TPSA) is 104 Å². The minimum absolute atomic E-state index is 0.0164. The molecule has 3 fully saturated rings. The number of aryl methyl sites for hydroxylation is 1. The van der Waals surface area contributed by atoms with Gasteiger partial charge in [-0.3, -0.25) is 14.5 Å². The molecule has 1 aromatic rings. The number of sulfone groups is 1. The SMILES string of the molecule is O=C1N[C@]2(CCc3ccccc32)C(=O)N1CC(=O)N(C1CC1)[C@H]1CCS(=O)(=O)C1. The van der Waals surface area contributed by atoms with Crippen molar-refractivity contribution in [2.75, 3.05) is 18.1 Å². The van der Waals surface area contributed by atoms with Crippen molar-refractivity contribution in [2.24, 2.45) is 0 Å². The zero-order valence-corrected chi connectivity index (χ0v) is 16.8. The number of hydrogen-bond donors (Lipinski definition) is 1. The Kier molecular flexibility index (Phi) is 4.03. The Hall–Kier alpha value is -2.42. The smallest absolute Gasteiger partial charge is 0.325 e. The van der Waals surface area contributed by atoms with Crippen molar-refractivity contribution in [3.05, 3.63) is 35.4 Å². The highest BCUT2D eigenvalue weighted by Gasteiger charge is 2.56. The van der Waals surface area contributed by atoms with Gasteiger partial charge in [-0.2, -0.15) is 0 Å². The van der Waals surface area contributed by atoms with E-state index in [1.165, 1.54) is 0 Å². The van der Waals surface area contributed by atoms with Gasteiger partial charge in [0.1, 0.15) is 12.1 Å². The van der Waals surface area contributed by atoms with Crippen LogP contribution in [0.25, 0.3) is 0 Å². The monoisotopic (exact) mass is 417 g/mol. The summed E-state index contributed by atoms with van der Waals surface area (Å²) in [5.41, 5.74) is 0.744. The van der Waals surface area contributed by atoms with Gasteiger partial charge in [-0.25, -0.2) is 13.2 Å². The maximum atomic E-state index is 13.2. The van der Waals surface area contributed by atoms with Crippen molar-refractivity contribution in [1.82, 2.24) is 15.1 Å². The zero-order valence-electron chi connectivity index (χ0n) is 16.0. The van der Waals surface area contributed by atoms with Crippen LogP contribution in [-0.4, -0.2) is 66.2 Å². The fraction of sp³-hybridized carbons (Fsp3) is 0.550. The molecule has 2 saturated heterocycles. The first kappa shape index (κ1) is 18.6. The third-order valence-electron chi connectivity index (χ3n) is 6.55. The Bertz CT molecular complexity index is 1020. The Morgan fingerprint density at radius 3 is 2.62 bits per heavy atom. The van der Waals surface area contributed by atoms with Gasteiger partial charge in [0.2, 0.25) is 5.91 Å². The van der Waals surface area contributed by atoms with Gasteiger partial charge in [0.15, 0.2) is 9.84 Å². The zero-order chi connectivity index (χ0) is 20.4. The number of carbonyl (C=O) groups excluding carboxylic acids is 3. The predicted octanol–water partition coefficient (Wildman–Crippen LogP) is 0.558. The first-order valence-electron chi connectivity index (χ1n) is 10.0. The van der Waals surface area contributed by atoms with Gasteiger partial charge in [0.05, 0.1) is 11.5 Å². The largest absolute Gasteiger partial charge is 0.334 e. The molecule has 1 saturated carbocycles. The highest BCUT2D eigenvalue weighted by Crippen LogP contribution is 2.41. The third kappa shape index (κ3) is 2.94. The number of nitrogens with zero attached hydrogens (tertiary/aromatic N) is 2. The molecule has 0 aromatic heterocycles. The molecule has 8 nitrogen and oxygen atoms in total. The molecule has 2 aliphatic carbocycles. The molecule has 0 unspecified atom stereocenters. The van der Waals surface area contributed by atoms with E-state index in [-0.39, 0.29) is 36.0 Å². The molecule has 1 spiro atoms. The van der Waals surface area contributed by atoms with Gasteiger partial charge in [-0.05, 0) is 43.2 Å². The quantitative estimate of drug-likeness (QED) is 0.721. The fourth-order valence-corrected chi connectivity index (χ4v) is 6.71. The second-order valence-corrected chi connectivity index (χ2v) is 10.7. The second kappa shape index (κ2) is 6.29. The van der Waals surface area contributed by atoms with Crippen molar-refractivity contribution >= 4 is 27.7 Å². The Morgan fingerprint density at radius 2 is 1.93 bits per heavy atom. The number of imide groups is 1. The average Bonchev–Trinajstić information content (AvgIpc) is 3.29. The number of benzene rings is 1. The molecule has 1 aromatic carbocycles. The van der Waals surface area contributed by atoms with Crippen LogP contribution in [0.1, 0.15) is 36.8 Å². The van der Waals surface area contributed by atoms with E-state index in [9.17, 15) is 22.8 Å². The predicted molar refractivity (Wildman–Crippen MR) is 104 cm³/mol. The van der Waals surface area contributed by atoms with Gasteiger partial charge >= 0.3 is 6.03 Å². The summed E-state index contributed by atoms with van der Waals surface area (Å²) in [7, 11) is -3.13. The first-order valence-corrected chi connectivity index (χ1v) is 11.9. The summed E-state index contributed by atoms with van der Waals surface area (Å²) in [5.74, 6) is -0.693. The van der Waals surface area contributed by atoms with Crippen molar-refractivity contribution in [2.45, 2.75) is 49.7 Å². The van der Waals surface area contributed by atoms with Crippen LogP contribution in [0.2, 0.25) is 0 Å². The summed E-state index contributed by atoms with van der Waals surface area (Å²) in [6.07, 6.45) is 3.26. The van der Waals surface area contributed by atoms with Crippen LogP contribution < -0.4 is 5.32 Å². The van der Waals surface area contributed by atoms with E-state index in [0.29, 0.717) is 19.3 Å². The first-order chi connectivity index (χ1) is 13.8. The van der Waals surface area contributed by atoms with E-state index < -0.39 is 27.3 Å². The van der Waals surface area contributed by atoms with Crippen LogP contribution in [-0.2, 0) is 31.4 Å². The standard InChI is InChI=1S/C20H23N3O5S/c24-17(23(14-5-6-14)15-8-10-29(27,28)12-15)11-22-18(25)20(21-19(22)26)9-7-13-3-1-2-4-16(13)20/h1-4,14-15H,5-12H2,(H,21,26)/t15-,20-/m0/s1. The number of carbonyl (C=O) groups is 3. The molecule has 0 radical (unpaired) electrons. The van der Waals surface area contributed by atoms with Crippen LogP contribution in [0.3, 0.4) is 0 Å². The van der Waals surface area contributed by atoms with Gasteiger partial charge < -0.3 is 10.2 Å². The molecule has 29 heavy (non-hydrogen) atoms. The Labute approximate surface area is 169 Å². The molecule has 9 heteroatoms. The molecule has 4 aliphatic rings. The van der Waals surface area contributed by atoms with Crippen molar-refractivity contribution < 1.29 is 22.8 Å². The van der Waals surface area contributed by atoms with E-state index in [1.54, 1.807) is 4.90 Å². The van der Waals surface area contributed by atoms with Crippen molar-refractivity contribution in [1.29, 1.82) is 0 Å². The maximum absolute atomic E-state index is 13.2. The summed E-state index contributed by atoms with van der Waals surface area (Å²) in [6, 6.07) is 6.65. The molecule has 5 rings (SSSR count). The normalized spacial score (nSPS) is 29.9.